The lowest BCUT2D eigenvalue weighted by Crippen LogP contribution is -2.34. The average molecular weight is 384 g/mol. The molecule has 7 heteroatoms. The maximum atomic E-state index is 12.3. The van der Waals surface area contributed by atoms with Crippen LogP contribution in [0.1, 0.15) is 30.5 Å². The molecule has 0 saturated heterocycles. The second kappa shape index (κ2) is 9.12. The van der Waals surface area contributed by atoms with Crippen LogP contribution in [0, 0.1) is 6.92 Å². The van der Waals surface area contributed by atoms with Crippen molar-refractivity contribution in [3.05, 3.63) is 53.6 Å². The van der Waals surface area contributed by atoms with Crippen molar-refractivity contribution in [3.63, 3.8) is 0 Å². The first-order valence-electron chi connectivity index (χ1n) is 9.14. The second-order valence-corrected chi connectivity index (χ2v) is 6.58. The van der Waals surface area contributed by atoms with Gasteiger partial charge in [0.1, 0.15) is 12.4 Å². The number of aryl methyl sites for hydroxylation is 1. The van der Waals surface area contributed by atoms with E-state index in [2.05, 4.69) is 10.6 Å². The molecule has 1 heterocycles. The van der Waals surface area contributed by atoms with Gasteiger partial charge < -0.3 is 24.8 Å². The van der Waals surface area contributed by atoms with Gasteiger partial charge in [-0.1, -0.05) is 29.8 Å². The van der Waals surface area contributed by atoms with Crippen molar-refractivity contribution in [2.75, 3.05) is 19.9 Å². The third kappa shape index (κ3) is 5.39. The van der Waals surface area contributed by atoms with E-state index in [4.69, 9.17) is 14.2 Å². The molecule has 0 saturated carbocycles. The van der Waals surface area contributed by atoms with Gasteiger partial charge in [-0.05, 0) is 24.6 Å². The summed E-state index contributed by atoms with van der Waals surface area (Å²) < 4.78 is 16.2. The van der Waals surface area contributed by atoms with E-state index in [1.165, 1.54) is 6.92 Å². The number of nitrogens with one attached hydrogen (secondary N) is 2. The van der Waals surface area contributed by atoms with Gasteiger partial charge in [0.25, 0.3) is 0 Å². The molecule has 1 atom stereocenters. The summed E-state index contributed by atoms with van der Waals surface area (Å²) in [5.41, 5.74) is 2.02. The molecule has 3 rings (SSSR count). The maximum Gasteiger partial charge on any atom is 0.231 e. The molecule has 1 unspecified atom stereocenters. The minimum absolute atomic E-state index is 0.159. The number of benzene rings is 2. The largest absolute Gasteiger partial charge is 0.492 e. The molecule has 2 N–H and O–H groups in total. The van der Waals surface area contributed by atoms with Crippen LogP contribution in [0.4, 0.5) is 0 Å². The van der Waals surface area contributed by atoms with Crippen LogP contribution in [-0.4, -0.2) is 31.8 Å². The molecule has 0 bridgehead atoms. The van der Waals surface area contributed by atoms with Crippen molar-refractivity contribution in [2.45, 2.75) is 26.3 Å². The summed E-state index contributed by atoms with van der Waals surface area (Å²) in [6.07, 6.45) is 0.159. The highest BCUT2D eigenvalue weighted by Crippen LogP contribution is 2.34. The van der Waals surface area contributed by atoms with Gasteiger partial charge >= 0.3 is 0 Å². The number of carbonyl (C=O) groups excluding carboxylic acids is 2. The third-order valence-corrected chi connectivity index (χ3v) is 4.28. The number of hydrogen-bond acceptors (Lipinski definition) is 5. The Morgan fingerprint density at radius 3 is 2.61 bits per heavy atom. The van der Waals surface area contributed by atoms with E-state index in [1.807, 2.05) is 31.2 Å². The van der Waals surface area contributed by atoms with Crippen LogP contribution in [0.25, 0.3) is 0 Å². The zero-order valence-electron chi connectivity index (χ0n) is 16.0. The van der Waals surface area contributed by atoms with Crippen LogP contribution < -0.4 is 24.8 Å². The summed E-state index contributed by atoms with van der Waals surface area (Å²) in [6.45, 7) is 4.32. The fraction of sp³-hybridized carbons (Fsp3) is 0.333. The minimum atomic E-state index is -0.368. The van der Waals surface area contributed by atoms with Gasteiger partial charge in [-0.15, -0.1) is 0 Å². The Labute approximate surface area is 164 Å². The molecule has 7 nitrogen and oxygen atoms in total. The van der Waals surface area contributed by atoms with Gasteiger partial charge in [0.15, 0.2) is 11.5 Å². The quantitative estimate of drug-likeness (QED) is 0.683. The molecule has 1 aliphatic rings. The van der Waals surface area contributed by atoms with E-state index in [9.17, 15) is 9.59 Å². The van der Waals surface area contributed by atoms with Crippen LogP contribution in [0.3, 0.4) is 0 Å². The average Bonchev–Trinajstić information content (AvgIpc) is 3.13. The number of hydrogen-bond donors (Lipinski definition) is 2. The fourth-order valence-corrected chi connectivity index (χ4v) is 2.88. The highest BCUT2D eigenvalue weighted by molar-refractivity contribution is 5.79. The molecular formula is C21H24N2O5. The first kappa shape index (κ1) is 19.5. The normalized spacial score (nSPS) is 12.9. The van der Waals surface area contributed by atoms with E-state index in [-0.39, 0.29) is 31.1 Å². The number of rotatable bonds is 8. The highest BCUT2D eigenvalue weighted by atomic mass is 16.7. The lowest BCUT2D eigenvalue weighted by atomic mass is 10.0. The topological polar surface area (TPSA) is 85.9 Å². The Hall–Kier alpha value is -3.22. The molecule has 2 amide bonds. The van der Waals surface area contributed by atoms with Gasteiger partial charge in [-0.25, -0.2) is 0 Å². The summed E-state index contributed by atoms with van der Waals surface area (Å²) >= 11 is 0. The fourth-order valence-electron chi connectivity index (χ4n) is 2.88. The van der Waals surface area contributed by atoms with Crippen molar-refractivity contribution in [1.82, 2.24) is 10.6 Å². The van der Waals surface area contributed by atoms with Crippen molar-refractivity contribution < 1.29 is 23.8 Å². The molecule has 2 aromatic carbocycles. The van der Waals surface area contributed by atoms with Crippen molar-refractivity contribution in [3.8, 4) is 17.2 Å². The van der Waals surface area contributed by atoms with Crippen molar-refractivity contribution in [1.29, 1.82) is 0 Å². The van der Waals surface area contributed by atoms with Crippen molar-refractivity contribution >= 4 is 11.8 Å². The highest BCUT2D eigenvalue weighted by Gasteiger charge is 2.17. The first-order chi connectivity index (χ1) is 13.5. The molecule has 148 valence electrons. The lowest BCUT2D eigenvalue weighted by molar-refractivity contribution is -0.122. The van der Waals surface area contributed by atoms with Crippen LogP contribution in [0.15, 0.2) is 42.5 Å². The summed E-state index contributed by atoms with van der Waals surface area (Å²) in [7, 11) is 0. The molecule has 0 radical (unpaired) electrons. The Kier molecular flexibility index (Phi) is 6.37. The van der Waals surface area contributed by atoms with Gasteiger partial charge in [-0.2, -0.15) is 0 Å². The SMILES string of the molecule is CC(=O)NC(CC(=O)NCCOc1ccc2c(c1)OCO2)c1ccc(C)cc1. The molecule has 0 fully saturated rings. The molecule has 0 spiro atoms. The van der Waals surface area contributed by atoms with Gasteiger partial charge in [0.2, 0.25) is 18.6 Å². The van der Waals surface area contributed by atoms with E-state index in [0.717, 1.165) is 11.1 Å². The number of fused-ring (bicyclic) bond motifs is 1. The van der Waals surface area contributed by atoms with Gasteiger partial charge in [-0.3, -0.25) is 9.59 Å². The third-order valence-electron chi connectivity index (χ3n) is 4.28. The standard InChI is InChI=1S/C21H24N2O5/c1-14-3-5-16(6-4-14)18(23-15(2)24)12-21(25)22-9-10-26-17-7-8-19-20(11-17)28-13-27-19/h3-8,11,18H,9-10,12-13H2,1-2H3,(H,22,25)(H,23,24). The molecule has 0 aromatic heterocycles. The molecule has 28 heavy (non-hydrogen) atoms. The predicted molar refractivity (Wildman–Crippen MR) is 103 cm³/mol. The van der Waals surface area contributed by atoms with Crippen LogP contribution in [0.2, 0.25) is 0 Å². The molecular weight excluding hydrogens is 360 g/mol. The molecule has 2 aromatic rings. The Bertz CT molecular complexity index is 835. The predicted octanol–water partition coefficient (Wildman–Crippen LogP) is 2.49. The van der Waals surface area contributed by atoms with Crippen LogP contribution in [-0.2, 0) is 9.59 Å². The van der Waals surface area contributed by atoms with E-state index in [0.29, 0.717) is 30.4 Å². The maximum absolute atomic E-state index is 12.3. The monoisotopic (exact) mass is 384 g/mol. The van der Waals surface area contributed by atoms with E-state index in [1.54, 1.807) is 18.2 Å². The van der Waals surface area contributed by atoms with Crippen LogP contribution in [0.5, 0.6) is 17.2 Å². The summed E-state index contributed by atoms with van der Waals surface area (Å²) in [4.78, 5) is 23.8. The van der Waals surface area contributed by atoms with Crippen LogP contribution >= 0.6 is 0 Å². The Morgan fingerprint density at radius 1 is 1.11 bits per heavy atom. The molecule has 1 aliphatic heterocycles. The first-order valence-corrected chi connectivity index (χ1v) is 9.14. The van der Waals surface area contributed by atoms with Gasteiger partial charge in [0, 0.05) is 13.0 Å². The number of carbonyl (C=O) groups is 2. The Balaban J connectivity index is 1.46. The number of ether oxygens (including phenoxy) is 3. The van der Waals surface area contributed by atoms with E-state index >= 15 is 0 Å². The number of amides is 2. The lowest BCUT2D eigenvalue weighted by Gasteiger charge is -2.18. The second-order valence-electron chi connectivity index (χ2n) is 6.58. The van der Waals surface area contributed by atoms with E-state index < -0.39 is 0 Å². The Morgan fingerprint density at radius 2 is 1.86 bits per heavy atom. The summed E-state index contributed by atoms with van der Waals surface area (Å²) in [5, 5.41) is 5.65. The summed E-state index contributed by atoms with van der Waals surface area (Å²) in [6, 6.07) is 12.7. The zero-order chi connectivity index (χ0) is 19.9. The van der Waals surface area contributed by atoms with Gasteiger partial charge in [0.05, 0.1) is 19.0 Å². The smallest absolute Gasteiger partial charge is 0.231 e. The minimum Gasteiger partial charge on any atom is -0.492 e. The molecule has 0 aliphatic carbocycles. The zero-order valence-corrected chi connectivity index (χ0v) is 16.0. The van der Waals surface area contributed by atoms with Crippen molar-refractivity contribution in [2.24, 2.45) is 0 Å². The summed E-state index contributed by atoms with van der Waals surface area (Å²) in [5.74, 6) is 1.66.